The lowest BCUT2D eigenvalue weighted by Crippen LogP contribution is -2.01. The van der Waals surface area contributed by atoms with Gasteiger partial charge in [0.05, 0.1) is 0 Å². The fraction of sp³-hybridized carbons (Fsp3) is 0.286. The summed E-state index contributed by atoms with van der Waals surface area (Å²) in [6.07, 6.45) is 1.97. The highest BCUT2D eigenvalue weighted by Crippen LogP contribution is 2.27. The van der Waals surface area contributed by atoms with Crippen molar-refractivity contribution in [1.29, 1.82) is 0 Å². The number of nitrogens with zero attached hydrogens (tertiary/aromatic N) is 2. The average Bonchev–Trinajstić information content (AvgIpc) is 2.40. The van der Waals surface area contributed by atoms with E-state index in [1.165, 1.54) is 4.90 Å². The van der Waals surface area contributed by atoms with Crippen molar-refractivity contribution in [2.24, 2.45) is 0 Å². The first-order valence-electron chi connectivity index (χ1n) is 6.10. The van der Waals surface area contributed by atoms with Crippen LogP contribution in [-0.4, -0.2) is 17.0 Å². The van der Waals surface area contributed by atoms with E-state index in [0.29, 0.717) is 0 Å². The van der Waals surface area contributed by atoms with E-state index in [1.807, 2.05) is 31.3 Å². The highest BCUT2D eigenvalue weighted by atomic mass is 32.2. The molecule has 1 aromatic carbocycles. The van der Waals surface area contributed by atoms with Crippen LogP contribution in [0.2, 0.25) is 0 Å². The first-order chi connectivity index (χ1) is 8.81. The van der Waals surface area contributed by atoms with Gasteiger partial charge in [-0.05, 0) is 18.6 Å². The molecule has 0 saturated heterocycles. The minimum absolute atomic E-state index is 0.881. The molecule has 2 rings (SSSR count). The first-order valence-corrected chi connectivity index (χ1v) is 6.92. The van der Waals surface area contributed by atoms with Crippen molar-refractivity contribution in [3.8, 4) is 0 Å². The van der Waals surface area contributed by atoms with Gasteiger partial charge in [-0.15, -0.1) is 0 Å². The lowest BCUT2D eigenvalue weighted by Gasteiger charge is -2.07. The summed E-state index contributed by atoms with van der Waals surface area (Å²) in [5, 5.41) is 4.08. The molecule has 0 radical (unpaired) electrons. The van der Waals surface area contributed by atoms with Gasteiger partial charge in [-0.25, -0.2) is 9.97 Å². The van der Waals surface area contributed by atoms with Crippen LogP contribution in [0.15, 0.2) is 46.3 Å². The van der Waals surface area contributed by atoms with E-state index in [1.54, 1.807) is 11.8 Å². The van der Waals surface area contributed by atoms with Gasteiger partial charge in [-0.1, -0.05) is 36.9 Å². The Hall–Kier alpha value is -1.55. The van der Waals surface area contributed by atoms with Crippen LogP contribution in [0.3, 0.4) is 0 Å². The molecular weight excluding hydrogens is 242 g/mol. The van der Waals surface area contributed by atoms with Gasteiger partial charge in [0.1, 0.15) is 16.7 Å². The fourth-order valence-electron chi connectivity index (χ4n) is 1.60. The molecule has 94 valence electrons. The Morgan fingerprint density at radius 1 is 1.17 bits per heavy atom. The van der Waals surface area contributed by atoms with Crippen LogP contribution in [0.5, 0.6) is 0 Å². The predicted octanol–water partition coefficient (Wildman–Crippen LogP) is 3.62. The van der Waals surface area contributed by atoms with E-state index in [-0.39, 0.29) is 0 Å². The zero-order valence-electron chi connectivity index (χ0n) is 10.7. The summed E-state index contributed by atoms with van der Waals surface area (Å²) in [6.45, 7) is 2.14. The highest BCUT2D eigenvalue weighted by molar-refractivity contribution is 7.99. The molecule has 0 bridgehead atoms. The van der Waals surface area contributed by atoms with Gasteiger partial charge in [-0.2, -0.15) is 0 Å². The number of aryl methyl sites for hydroxylation is 1. The molecule has 4 heteroatoms. The second-order valence-electron chi connectivity index (χ2n) is 3.92. The van der Waals surface area contributed by atoms with Crippen molar-refractivity contribution < 1.29 is 0 Å². The first kappa shape index (κ1) is 12.9. The number of nitrogens with one attached hydrogen (secondary N) is 1. The van der Waals surface area contributed by atoms with Crippen LogP contribution in [0.25, 0.3) is 0 Å². The minimum atomic E-state index is 0.881. The molecule has 0 aliphatic carbocycles. The molecule has 0 unspecified atom stereocenters. The smallest absolute Gasteiger partial charge is 0.132 e. The quantitative estimate of drug-likeness (QED) is 0.832. The van der Waals surface area contributed by atoms with Crippen LogP contribution in [-0.2, 0) is 6.42 Å². The monoisotopic (exact) mass is 259 g/mol. The van der Waals surface area contributed by atoms with Crippen LogP contribution < -0.4 is 5.32 Å². The summed E-state index contributed by atoms with van der Waals surface area (Å²) in [7, 11) is 1.88. The van der Waals surface area contributed by atoms with E-state index < -0.39 is 0 Å². The van der Waals surface area contributed by atoms with Crippen molar-refractivity contribution in [2.45, 2.75) is 29.7 Å². The summed E-state index contributed by atoms with van der Waals surface area (Å²) in [6, 6.07) is 12.3. The zero-order valence-corrected chi connectivity index (χ0v) is 11.5. The number of anilines is 1. The highest BCUT2D eigenvalue weighted by Gasteiger charge is 2.05. The van der Waals surface area contributed by atoms with Crippen LogP contribution in [0.1, 0.15) is 19.2 Å². The Morgan fingerprint density at radius 2 is 1.94 bits per heavy atom. The molecule has 0 aliphatic rings. The molecule has 0 amide bonds. The van der Waals surface area contributed by atoms with Crippen LogP contribution in [0.4, 0.5) is 5.82 Å². The van der Waals surface area contributed by atoms with Gasteiger partial charge < -0.3 is 5.32 Å². The third-order valence-electron chi connectivity index (χ3n) is 2.44. The topological polar surface area (TPSA) is 37.8 Å². The lowest BCUT2D eigenvalue weighted by atomic mass is 10.3. The van der Waals surface area contributed by atoms with Crippen LogP contribution in [0, 0.1) is 0 Å². The maximum absolute atomic E-state index is 4.58. The Bertz CT molecular complexity index is 500. The Kier molecular flexibility index (Phi) is 4.59. The van der Waals surface area contributed by atoms with Gasteiger partial charge in [0, 0.05) is 24.4 Å². The lowest BCUT2D eigenvalue weighted by molar-refractivity contribution is 0.811. The molecule has 18 heavy (non-hydrogen) atoms. The minimum Gasteiger partial charge on any atom is -0.373 e. The van der Waals surface area contributed by atoms with E-state index in [2.05, 4.69) is 34.3 Å². The third-order valence-corrected chi connectivity index (χ3v) is 3.37. The van der Waals surface area contributed by atoms with E-state index in [0.717, 1.165) is 29.5 Å². The standard InChI is InChI=1S/C14H17N3S/c1-3-7-12-16-13(15-2)10-14(17-12)18-11-8-5-4-6-9-11/h4-6,8-10H,3,7H2,1-2H3,(H,15,16,17). The molecule has 1 heterocycles. The molecule has 0 fully saturated rings. The maximum atomic E-state index is 4.58. The molecule has 1 aromatic heterocycles. The normalized spacial score (nSPS) is 10.3. The SMILES string of the molecule is CCCc1nc(NC)cc(Sc2ccccc2)n1. The fourth-order valence-corrected chi connectivity index (χ4v) is 2.45. The summed E-state index contributed by atoms with van der Waals surface area (Å²) >= 11 is 1.67. The molecule has 1 N–H and O–H groups in total. The second-order valence-corrected chi connectivity index (χ2v) is 5.02. The van der Waals surface area contributed by atoms with Crippen molar-refractivity contribution >= 4 is 17.6 Å². The zero-order chi connectivity index (χ0) is 12.8. The summed E-state index contributed by atoms with van der Waals surface area (Å²) in [5.41, 5.74) is 0. The Balaban J connectivity index is 2.24. The third kappa shape index (κ3) is 3.47. The summed E-state index contributed by atoms with van der Waals surface area (Å²) in [4.78, 5) is 10.2. The Labute approximate surface area is 112 Å². The average molecular weight is 259 g/mol. The van der Waals surface area contributed by atoms with E-state index in [9.17, 15) is 0 Å². The molecule has 0 saturated carbocycles. The van der Waals surface area contributed by atoms with E-state index >= 15 is 0 Å². The molecule has 2 aromatic rings. The molecule has 3 nitrogen and oxygen atoms in total. The maximum Gasteiger partial charge on any atom is 0.132 e. The van der Waals surface area contributed by atoms with Gasteiger partial charge in [0.2, 0.25) is 0 Å². The second kappa shape index (κ2) is 6.40. The number of rotatable bonds is 5. The molecule has 0 atom stereocenters. The molecule has 0 aliphatic heterocycles. The number of hydrogen-bond donors (Lipinski definition) is 1. The summed E-state index contributed by atoms with van der Waals surface area (Å²) in [5.74, 6) is 1.79. The van der Waals surface area contributed by atoms with Gasteiger partial charge in [0.15, 0.2) is 0 Å². The van der Waals surface area contributed by atoms with Crippen LogP contribution >= 0.6 is 11.8 Å². The van der Waals surface area contributed by atoms with Crippen molar-refractivity contribution in [3.05, 3.63) is 42.2 Å². The largest absolute Gasteiger partial charge is 0.373 e. The number of benzene rings is 1. The predicted molar refractivity (Wildman–Crippen MR) is 76.1 cm³/mol. The Morgan fingerprint density at radius 3 is 2.61 bits per heavy atom. The molecular formula is C14H17N3S. The van der Waals surface area contributed by atoms with Gasteiger partial charge in [0.25, 0.3) is 0 Å². The number of aromatic nitrogens is 2. The van der Waals surface area contributed by atoms with Gasteiger partial charge >= 0.3 is 0 Å². The van der Waals surface area contributed by atoms with Crippen molar-refractivity contribution in [1.82, 2.24) is 9.97 Å². The van der Waals surface area contributed by atoms with Crippen molar-refractivity contribution in [2.75, 3.05) is 12.4 Å². The molecule has 0 spiro atoms. The van der Waals surface area contributed by atoms with Crippen molar-refractivity contribution in [3.63, 3.8) is 0 Å². The van der Waals surface area contributed by atoms with E-state index in [4.69, 9.17) is 0 Å². The van der Waals surface area contributed by atoms with Gasteiger partial charge in [-0.3, -0.25) is 0 Å². The summed E-state index contributed by atoms with van der Waals surface area (Å²) < 4.78 is 0. The number of hydrogen-bond acceptors (Lipinski definition) is 4.